The molecule has 0 N–H and O–H groups in total. The standard InChI is InChI=1S/C24H31BrN2O2S2/c1-4-7-9-13-26-19-12-11-17(25)14-18(19)20(22(26)28)21-23(29)27(24(30)31-21)15-16(6-3)10-8-5-2/h11-12,14,16H,4-10,13,15H2,1-3H3/b21-20-/t16-/m1/s1. The second-order valence-corrected chi connectivity index (χ2v) is 10.8. The van der Waals surface area contributed by atoms with E-state index >= 15 is 0 Å². The number of thioether (sulfide) groups is 1. The summed E-state index contributed by atoms with van der Waals surface area (Å²) in [5.41, 5.74) is 2.22. The lowest BCUT2D eigenvalue weighted by molar-refractivity contribution is -0.123. The molecule has 0 radical (unpaired) electrons. The van der Waals surface area contributed by atoms with Gasteiger partial charge in [0.05, 0.1) is 16.2 Å². The average Bonchev–Trinajstić information content (AvgIpc) is 3.17. The van der Waals surface area contributed by atoms with Gasteiger partial charge in [-0.15, -0.1) is 0 Å². The van der Waals surface area contributed by atoms with E-state index < -0.39 is 0 Å². The molecule has 0 spiro atoms. The van der Waals surface area contributed by atoms with Crippen molar-refractivity contribution in [2.45, 2.75) is 65.7 Å². The predicted octanol–water partition coefficient (Wildman–Crippen LogP) is 6.77. The molecule has 1 aromatic rings. The highest BCUT2D eigenvalue weighted by Gasteiger charge is 2.42. The van der Waals surface area contributed by atoms with Crippen molar-refractivity contribution in [3.63, 3.8) is 0 Å². The van der Waals surface area contributed by atoms with Crippen molar-refractivity contribution in [1.82, 2.24) is 4.90 Å². The smallest absolute Gasteiger partial charge is 0.267 e. The molecule has 2 aliphatic rings. The number of nitrogens with zero attached hydrogens (tertiary/aromatic N) is 2. The second kappa shape index (κ2) is 11.1. The maximum absolute atomic E-state index is 13.5. The molecule has 7 heteroatoms. The number of anilines is 1. The fourth-order valence-corrected chi connectivity index (χ4v) is 5.85. The van der Waals surface area contributed by atoms with E-state index in [9.17, 15) is 9.59 Å². The van der Waals surface area contributed by atoms with E-state index in [-0.39, 0.29) is 11.8 Å². The quantitative estimate of drug-likeness (QED) is 0.193. The van der Waals surface area contributed by atoms with Crippen LogP contribution >= 0.6 is 39.9 Å². The Balaban J connectivity index is 1.93. The van der Waals surface area contributed by atoms with Gasteiger partial charge >= 0.3 is 0 Å². The van der Waals surface area contributed by atoms with E-state index in [0.717, 1.165) is 60.7 Å². The van der Waals surface area contributed by atoms with E-state index in [4.69, 9.17) is 12.2 Å². The zero-order valence-electron chi connectivity index (χ0n) is 18.6. The topological polar surface area (TPSA) is 40.6 Å². The summed E-state index contributed by atoms with van der Waals surface area (Å²) in [5.74, 6) is 0.232. The van der Waals surface area contributed by atoms with Crippen LogP contribution in [0.15, 0.2) is 27.6 Å². The van der Waals surface area contributed by atoms with Gasteiger partial charge in [0.1, 0.15) is 4.32 Å². The van der Waals surface area contributed by atoms with Crippen LogP contribution in [0.5, 0.6) is 0 Å². The third-order valence-corrected chi connectivity index (χ3v) is 7.96. The van der Waals surface area contributed by atoms with Crippen LogP contribution in [0.25, 0.3) is 5.57 Å². The van der Waals surface area contributed by atoms with E-state index in [1.807, 2.05) is 23.1 Å². The second-order valence-electron chi connectivity index (χ2n) is 8.23. The molecule has 2 aliphatic heterocycles. The van der Waals surface area contributed by atoms with Gasteiger partial charge in [-0.3, -0.25) is 14.5 Å². The fraction of sp³-hybridized carbons (Fsp3) is 0.542. The highest BCUT2D eigenvalue weighted by atomic mass is 79.9. The SMILES string of the molecule is CCCCCN1C(=O)/C(=C2\SC(=S)N(C[C@H](CC)CCCC)C2=O)c2cc(Br)ccc21. The summed E-state index contributed by atoms with van der Waals surface area (Å²) in [5, 5.41) is 0. The van der Waals surface area contributed by atoms with Crippen LogP contribution in [0, 0.1) is 5.92 Å². The molecule has 0 bridgehead atoms. The first-order valence-electron chi connectivity index (χ1n) is 11.3. The Bertz CT molecular complexity index is 900. The van der Waals surface area contributed by atoms with Crippen LogP contribution in [-0.4, -0.2) is 34.1 Å². The molecule has 0 aromatic heterocycles. The van der Waals surface area contributed by atoms with Gasteiger partial charge in [-0.1, -0.05) is 92.8 Å². The number of thiocarbonyl (C=S) groups is 1. The van der Waals surface area contributed by atoms with Gasteiger partial charge in [0.25, 0.3) is 11.8 Å². The van der Waals surface area contributed by atoms with Crippen molar-refractivity contribution in [2.24, 2.45) is 5.92 Å². The molecule has 3 rings (SSSR count). The number of carbonyl (C=O) groups is 2. The van der Waals surface area contributed by atoms with Crippen LogP contribution in [0.3, 0.4) is 0 Å². The summed E-state index contributed by atoms with van der Waals surface area (Å²) >= 11 is 10.4. The Morgan fingerprint density at radius 1 is 1.03 bits per heavy atom. The normalized spacial score (nSPS) is 19.5. The van der Waals surface area contributed by atoms with Crippen LogP contribution < -0.4 is 4.90 Å². The minimum absolute atomic E-state index is 0.0808. The van der Waals surface area contributed by atoms with Crippen LogP contribution in [0.4, 0.5) is 5.69 Å². The number of carbonyl (C=O) groups excluding carboxylic acids is 2. The maximum atomic E-state index is 13.5. The summed E-state index contributed by atoms with van der Waals surface area (Å²) in [6.07, 6.45) is 7.52. The number of amides is 2. The number of rotatable bonds is 10. The van der Waals surface area contributed by atoms with E-state index in [2.05, 4.69) is 36.7 Å². The number of hydrogen-bond acceptors (Lipinski definition) is 4. The molecule has 2 heterocycles. The number of unbranched alkanes of at least 4 members (excludes halogenated alkanes) is 3. The molecule has 4 nitrogen and oxygen atoms in total. The monoisotopic (exact) mass is 522 g/mol. The molecule has 31 heavy (non-hydrogen) atoms. The summed E-state index contributed by atoms with van der Waals surface area (Å²) < 4.78 is 1.46. The Morgan fingerprint density at radius 3 is 2.45 bits per heavy atom. The van der Waals surface area contributed by atoms with Crippen molar-refractivity contribution >= 4 is 67.3 Å². The first kappa shape index (κ1) is 24.5. The number of hydrogen-bond donors (Lipinski definition) is 0. The zero-order valence-corrected chi connectivity index (χ0v) is 21.8. The summed E-state index contributed by atoms with van der Waals surface area (Å²) in [6.45, 7) is 7.80. The van der Waals surface area contributed by atoms with E-state index in [1.165, 1.54) is 11.8 Å². The molecule has 168 valence electrons. The fourth-order valence-electron chi connectivity index (χ4n) is 4.15. The Kier molecular flexibility index (Phi) is 8.76. The lowest BCUT2D eigenvalue weighted by Crippen LogP contribution is -2.33. The van der Waals surface area contributed by atoms with Gasteiger partial charge in [0.15, 0.2) is 0 Å². The van der Waals surface area contributed by atoms with Crippen molar-refractivity contribution in [3.8, 4) is 0 Å². The molecule has 1 fully saturated rings. The lowest BCUT2D eigenvalue weighted by atomic mass is 9.98. The Morgan fingerprint density at radius 2 is 1.77 bits per heavy atom. The van der Waals surface area contributed by atoms with Gasteiger partial charge < -0.3 is 4.90 Å². The molecule has 1 saturated heterocycles. The molecule has 0 saturated carbocycles. The first-order chi connectivity index (χ1) is 14.9. The third kappa shape index (κ3) is 5.25. The van der Waals surface area contributed by atoms with Gasteiger partial charge in [-0.25, -0.2) is 0 Å². The number of benzene rings is 1. The molecule has 2 amide bonds. The van der Waals surface area contributed by atoms with Gasteiger partial charge in [-0.05, 0) is 37.0 Å². The summed E-state index contributed by atoms with van der Waals surface area (Å²) in [4.78, 5) is 30.9. The maximum Gasteiger partial charge on any atom is 0.267 e. The van der Waals surface area contributed by atoms with Crippen molar-refractivity contribution in [2.75, 3.05) is 18.0 Å². The minimum atomic E-state index is -0.116. The third-order valence-electron chi connectivity index (χ3n) is 6.02. The number of fused-ring (bicyclic) bond motifs is 1. The largest absolute Gasteiger partial charge is 0.308 e. The van der Waals surface area contributed by atoms with Crippen molar-refractivity contribution in [3.05, 3.63) is 33.1 Å². The van der Waals surface area contributed by atoms with Gasteiger partial charge in [0, 0.05) is 23.1 Å². The van der Waals surface area contributed by atoms with Crippen LogP contribution in [0.2, 0.25) is 0 Å². The Labute approximate surface area is 203 Å². The summed E-state index contributed by atoms with van der Waals surface area (Å²) in [7, 11) is 0. The Hall–Kier alpha value is -1.18. The van der Waals surface area contributed by atoms with E-state index in [1.54, 1.807) is 4.90 Å². The molecule has 1 atom stereocenters. The highest BCUT2D eigenvalue weighted by Crippen LogP contribution is 2.45. The molecular weight excluding hydrogens is 492 g/mol. The minimum Gasteiger partial charge on any atom is -0.308 e. The van der Waals surface area contributed by atoms with Crippen LogP contribution in [0.1, 0.15) is 71.3 Å². The average molecular weight is 524 g/mol. The molecule has 0 aliphatic carbocycles. The van der Waals surface area contributed by atoms with Gasteiger partial charge in [0.2, 0.25) is 0 Å². The van der Waals surface area contributed by atoms with E-state index in [0.29, 0.717) is 33.8 Å². The highest BCUT2D eigenvalue weighted by molar-refractivity contribution is 9.10. The molecule has 0 unspecified atom stereocenters. The molecular formula is C24H31BrN2O2S2. The van der Waals surface area contributed by atoms with Crippen molar-refractivity contribution < 1.29 is 9.59 Å². The van der Waals surface area contributed by atoms with Crippen molar-refractivity contribution in [1.29, 1.82) is 0 Å². The lowest BCUT2D eigenvalue weighted by Gasteiger charge is -2.21. The predicted molar refractivity (Wildman–Crippen MR) is 138 cm³/mol. The molecule has 1 aromatic carbocycles. The first-order valence-corrected chi connectivity index (χ1v) is 13.3. The number of halogens is 1. The van der Waals surface area contributed by atoms with Gasteiger partial charge in [-0.2, -0.15) is 0 Å². The van der Waals surface area contributed by atoms with Crippen LogP contribution in [-0.2, 0) is 9.59 Å². The summed E-state index contributed by atoms with van der Waals surface area (Å²) in [6, 6.07) is 5.87. The zero-order chi connectivity index (χ0) is 22.5.